The van der Waals surface area contributed by atoms with Crippen molar-refractivity contribution in [2.24, 2.45) is 0 Å². The van der Waals surface area contributed by atoms with Gasteiger partial charge in [-0.15, -0.1) is 0 Å². The Bertz CT molecular complexity index is 1710. The van der Waals surface area contributed by atoms with Gasteiger partial charge >= 0.3 is 35.8 Å². The fraction of sp³-hybridized carbons (Fsp3) is 0.188. The lowest BCUT2D eigenvalue weighted by Gasteiger charge is -2.16. The summed E-state index contributed by atoms with van der Waals surface area (Å²) in [6.45, 7) is 4.32. The zero-order valence-corrected chi connectivity index (χ0v) is 26.3. The van der Waals surface area contributed by atoms with Gasteiger partial charge in [0.25, 0.3) is 11.8 Å². The second-order valence-electron chi connectivity index (χ2n) is 9.53. The van der Waals surface area contributed by atoms with Gasteiger partial charge in [0, 0.05) is 39.1 Å². The second-order valence-corrected chi connectivity index (χ2v) is 9.53. The van der Waals surface area contributed by atoms with Crippen LogP contribution in [0.15, 0.2) is 48.5 Å². The van der Waals surface area contributed by atoms with Crippen LogP contribution in [0.5, 0.6) is 23.0 Å². The number of nitrogens with one attached hydrogen (secondary N) is 2. The zero-order valence-electron chi connectivity index (χ0n) is 26.3. The van der Waals surface area contributed by atoms with E-state index in [4.69, 9.17) is 28.4 Å². The minimum atomic E-state index is -0.938. The Balaban J connectivity index is 2.07. The quantitative estimate of drug-likeness (QED) is 0.234. The Morgan fingerprint density at radius 1 is 0.438 bits per heavy atom. The van der Waals surface area contributed by atoms with Crippen LogP contribution < -0.4 is 29.6 Å². The van der Waals surface area contributed by atoms with Crippen molar-refractivity contribution in [1.29, 1.82) is 0 Å². The average molecular weight is 665 g/mol. The van der Waals surface area contributed by atoms with Crippen LogP contribution >= 0.6 is 0 Å². The summed E-state index contributed by atoms with van der Waals surface area (Å²) >= 11 is 0. The highest BCUT2D eigenvalue weighted by atomic mass is 16.6. The molecular weight excluding hydrogens is 636 g/mol. The number of carbonyl (C=O) groups is 8. The van der Waals surface area contributed by atoms with Gasteiger partial charge in [0.2, 0.25) is 0 Å². The summed E-state index contributed by atoms with van der Waals surface area (Å²) in [5.74, 6) is -7.95. The predicted octanol–water partition coefficient (Wildman–Crippen LogP) is 3.47. The molecule has 0 atom stereocenters. The minimum Gasteiger partial charge on any atom is -0.465 e. The molecule has 16 heteroatoms. The summed E-state index contributed by atoms with van der Waals surface area (Å²) in [6, 6.07) is 9.35. The van der Waals surface area contributed by atoms with E-state index in [2.05, 4.69) is 10.6 Å². The highest BCUT2D eigenvalue weighted by molar-refractivity contribution is 6.12. The molecule has 0 saturated heterocycles. The summed E-state index contributed by atoms with van der Waals surface area (Å²) in [5.41, 5.74) is -1.12. The van der Waals surface area contributed by atoms with Crippen LogP contribution in [-0.4, -0.2) is 61.8 Å². The monoisotopic (exact) mass is 664 g/mol. The number of methoxy groups -OCH3 is 2. The van der Waals surface area contributed by atoms with Crippen molar-refractivity contribution in [3.8, 4) is 23.0 Å². The van der Waals surface area contributed by atoms with Crippen molar-refractivity contribution in [2.45, 2.75) is 27.7 Å². The molecule has 16 nitrogen and oxygen atoms in total. The fourth-order valence-corrected chi connectivity index (χ4v) is 4.03. The van der Waals surface area contributed by atoms with E-state index in [0.717, 1.165) is 66.2 Å². The van der Waals surface area contributed by atoms with Gasteiger partial charge in [0.1, 0.15) is 34.1 Å². The van der Waals surface area contributed by atoms with E-state index in [1.54, 1.807) is 0 Å². The van der Waals surface area contributed by atoms with Crippen LogP contribution in [0.1, 0.15) is 69.1 Å². The first-order chi connectivity index (χ1) is 22.6. The number of ether oxygens (including phenoxy) is 6. The van der Waals surface area contributed by atoms with Crippen LogP contribution in [0.2, 0.25) is 0 Å². The Morgan fingerprint density at radius 3 is 1.04 bits per heavy atom. The molecule has 3 rings (SSSR count). The van der Waals surface area contributed by atoms with Gasteiger partial charge in [0.15, 0.2) is 0 Å². The molecule has 0 aliphatic rings. The molecular formula is C32H28N2O14. The SMILES string of the molecule is COC(=O)c1cc(NC(=O)c2cc(OC(C)=O)c(C(=O)Nc3ccc(OC(C)=O)c(C(=O)OC)c3)cc2OC(C)=O)ccc1OC(C)=O. The molecule has 0 saturated carbocycles. The normalized spacial score (nSPS) is 10.1. The van der Waals surface area contributed by atoms with Crippen LogP contribution in [0.4, 0.5) is 11.4 Å². The van der Waals surface area contributed by atoms with Crippen molar-refractivity contribution in [1.82, 2.24) is 0 Å². The third-order valence-corrected chi connectivity index (χ3v) is 5.87. The van der Waals surface area contributed by atoms with E-state index in [0.29, 0.717) is 0 Å². The summed E-state index contributed by atoms with van der Waals surface area (Å²) in [5, 5.41) is 4.97. The van der Waals surface area contributed by atoms with E-state index in [9.17, 15) is 38.4 Å². The second kappa shape index (κ2) is 15.6. The molecule has 48 heavy (non-hydrogen) atoms. The number of rotatable bonds is 10. The molecule has 0 aromatic heterocycles. The predicted molar refractivity (Wildman–Crippen MR) is 163 cm³/mol. The third-order valence-electron chi connectivity index (χ3n) is 5.87. The van der Waals surface area contributed by atoms with E-state index >= 15 is 0 Å². The van der Waals surface area contributed by atoms with Gasteiger partial charge in [-0.2, -0.15) is 0 Å². The van der Waals surface area contributed by atoms with Crippen LogP contribution in [0.25, 0.3) is 0 Å². The van der Waals surface area contributed by atoms with Crippen LogP contribution in [0.3, 0.4) is 0 Å². The van der Waals surface area contributed by atoms with Crippen molar-refractivity contribution >= 4 is 59.0 Å². The molecule has 0 bridgehead atoms. The van der Waals surface area contributed by atoms with Crippen molar-refractivity contribution in [3.63, 3.8) is 0 Å². The van der Waals surface area contributed by atoms with Gasteiger partial charge < -0.3 is 39.1 Å². The number of hydrogen-bond donors (Lipinski definition) is 2. The topological polar surface area (TPSA) is 216 Å². The van der Waals surface area contributed by atoms with Gasteiger partial charge in [0.05, 0.1) is 25.3 Å². The summed E-state index contributed by atoms with van der Waals surface area (Å²) in [4.78, 5) is 98.4. The molecule has 0 radical (unpaired) electrons. The standard InChI is InChI=1S/C32H28N2O14/c1-15(35)45-25-9-7-19(11-23(25)31(41)43-5)33-29(39)21-13-28(48-18(4)38)22(14-27(21)47-17(3)37)30(40)34-20-8-10-26(46-16(2)36)24(12-20)32(42)44-6/h7-14H,1-6H3,(H,33,39)(H,34,40). The maximum Gasteiger partial charge on any atom is 0.341 e. The molecule has 0 aliphatic heterocycles. The molecule has 0 spiro atoms. The molecule has 2 N–H and O–H groups in total. The average Bonchev–Trinajstić information content (AvgIpc) is 3.01. The first-order valence-electron chi connectivity index (χ1n) is 13.6. The van der Waals surface area contributed by atoms with E-state index in [-0.39, 0.29) is 45.1 Å². The number of esters is 6. The highest BCUT2D eigenvalue weighted by Crippen LogP contribution is 2.33. The molecule has 2 amide bonds. The smallest absolute Gasteiger partial charge is 0.341 e. The Hall–Kier alpha value is -6.58. The molecule has 250 valence electrons. The van der Waals surface area contributed by atoms with Gasteiger partial charge in [-0.05, 0) is 48.5 Å². The molecule has 0 aliphatic carbocycles. The third kappa shape index (κ3) is 9.23. The lowest BCUT2D eigenvalue weighted by atomic mass is 10.1. The van der Waals surface area contributed by atoms with Crippen molar-refractivity contribution in [2.75, 3.05) is 24.9 Å². The highest BCUT2D eigenvalue weighted by Gasteiger charge is 2.25. The molecule has 0 unspecified atom stereocenters. The lowest BCUT2D eigenvalue weighted by Crippen LogP contribution is -2.20. The van der Waals surface area contributed by atoms with Crippen molar-refractivity contribution < 1.29 is 66.8 Å². The first-order valence-corrected chi connectivity index (χ1v) is 13.6. The van der Waals surface area contributed by atoms with Crippen LogP contribution in [-0.2, 0) is 28.7 Å². The number of hydrogen-bond acceptors (Lipinski definition) is 14. The number of amides is 2. The lowest BCUT2D eigenvalue weighted by molar-refractivity contribution is -0.133. The van der Waals surface area contributed by atoms with Gasteiger partial charge in [-0.25, -0.2) is 9.59 Å². The maximum atomic E-state index is 13.5. The first kappa shape index (κ1) is 35.9. The molecule has 3 aromatic carbocycles. The van der Waals surface area contributed by atoms with E-state index in [1.807, 2.05) is 0 Å². The van der Waals surface area contributed by atoms with E-state index < -0.39 is 59.1 Å². The number of carbonyl (C=O) groups excluding carboxylic acids is 8. The van der Waals surface area contributed by atoms with E-state index in [1.165, 1.54) is 24.3 Å². The van der Waals surface area contributed by atoms with Crippen molar-refractivity contribution in [3.05, 3.63) is 70.8 Å². The Morgan fingerprint density at radius 2 is 0.750 bits per heavy atom. The largest absolute Gasteiger partial charge is 0.465 e. The van der Waals surface area contributed by atoms with Gasteiger partial charge in [-0.1, -0.05) is 0 Å². The summed E-state index contributed by atoms with van der Waals surface area (Å²) in [7, 11) is 2.20. The summed E-state index contributed by atoms with van der Waals surface area (Å²) < 4.78 is 29.9. The fourth-order valence-electron chi connectivity index (χ4n) is 4.03. The molecule has 0 fully saturated rings. The Labute approximate surface area is 272 Å². The van der Waals surface area contributed by atoms with Gasteiger partial charge in [-0.3, -0.25) is 28.8 Å². The molecule has 3 aromatic rings. The summed E-state index contributed by atoms with van der Waals surface area (Å²) in [6.07, 6.45) is 0. The number of benzene rings is 3. The van der Waals surface area contributed by atoms with Crippen LogP contribution in [0, 0.1) is 0 Å². The maximum absolute atomic E-state index is 13.5. The number of anilines is 2. The zero-order chi connectivity index (χ0) is 35.7. The minimum absolute atomic E-state index is 0.0135. The molecule has 0 heterocycles. The Kier molecular flexibility index (Phi) is 11.7.